The molecule has 1 heterocycles. The van der Waals surface area contributed by atoms with Crippen LogP contribution in [0.15, 0.2) is 24.3 Å². The van der Waals surface area contributed by atoms with Crippen LogP contribution in [-0.2, 0) is 38.9 Å². The highest BCUT2D eigenvalue weighted by Gasteiger charge is 2.38. The zero-order valence-electron chi connectivity index (χ0n) is 17.6. The number of hydrogen-bond donors (Lipinski definition) is 0. The van der Waals surface area contributed by atoms with Crippen molar-refractivity contribution in [1.82, 2.24) is 0 Å². The Morgan fingerprint density at radius 3 is 2.17 bits per heavy atom. The maximum Gasteiger partial charge on any atom is 0.345 e. The number of esters is 3. The fourth-order valence-corrected chi connectivity index (χ4v) is 2.90. The molecule has 1 aliphatic rings. The van der Waals surface area contributed by atoms with E-state index in [0.29, 0.717) is 32.5 Å². The minimum atomic E-state index is -0.799. The van der Waals surface area contributed by atoms with E-state index in [-0.39, 0.29) is 0 Å². The van der Waals surface area contributed by atoms with Gasteiger partial charge in [-0.15, -0.1) is 0 Å². The maximum absolute atomic E-state index is 12.4. The largest absolute Gasteiger partial charge is 0.453 e. The van der Waals surface area contributed by atoms with Crippen LogP contribution in [0.4, 0.5) is 0 Å². The summed E-state index contributed by atoms with van der Waals surface area (Å²) in [4.78, 5) is 36.1. The Hall–Kier alpha value is -2.41. The summed E-state index contributed by atoms with van der Waals surface area (Å²) < 4.78 is 21.0. The first-order valence-corrected chi connectivity index (χ1v) is 9.88. The number of hydrogen-bond acceptors (Lipinski definition) is 7. The van der Waals surface area contributed by atoms with Crippen molar-refractivity contribution in [3.63, 3.8) is 0 Å². The number of benzene rings is 1. The van der Waals surface area contributed by atoms with Gasteiger partial charge in [-0.25, -0.2) is 9.59 Å². The average molecular weight is 406 g/mol. The van der Waals surface area contributed by atoms with Crippen LogP contribution in [0.2, 0.25) is 0 Å². The van der Waals surface area contributed by atoms with Crippen molar-refractivity contribution in [1.29, 1.82) is 0 Å². The molecule has 160 valence electrons. The van der Waals surface area contributed by atoms with Gasteiger partial charge < -0.3 is 18.9 Å². The Balaban J connectivity index is 1.89. The number of rotatable bonds is 8. The molecule has 0 unspecified atom stereocenters. The summed E-state index contributed by atoms with van der Waals surface area (Å²) in [6, 6.07) is 7.81. The second kappa shape index (κ2) is 9.87. The molecular formula is C22H30O7. The van der Waals surface area contributed by atoms with Crippen LogP contribution in [0.1, 0.15) is 51.2 Å². The van der Waals surface area contributed by atoms with Gasteiger partial charge in [0, 0.05) is 12.8 Å². The summed E-state index contributed by atoms with van der Waals surface area (Å²) in [7, 11) is 0. The summed E-state index contributed by atoms with van der Waals surface area (Å²) >= 11 is 0. The number of aryl methyl sites for hydroxylation is 1. The Kier molecular flexibility index (Phi) is 7.79. The molecule has 0 radical (unpaired) electrons. The van der Waals surface area contributed by atoms with Crippen LogP contribution in [-0.4, -0.2) is 44.3 Å². The summed E-state index contributed by atoms with van der Waals surface area (Å²) in [5.41, 5.74) is 0.522. The van der Waals surface area contributed by atoms with E-state index in [4.69, 9.17) is 18.9 Å². The zero-order valence-corrected chi connectivity index (χ0v) is 17.6. The normalized spacial score (nSPS) is 16.0. The van der Waals surface area contributed by atoms with Gasteiger partial charge >= 0.3 is 17.9 Å². The molecule has 1 aromatic carbocycles. The molecule has 0 aromatic heterocycles. The van der Waals surface area contributed by atoms with Crippen molar-refractivity contribution in [2.45, 2.75) is 52.6 Å². The molecule has 7 nitrogen and oxygen atoms in total. The highest BCUT2D eigenvalue weighted by molar-refractivity contribution is 5.81. The van der Waals surface area contributed by atoms with Crippen LogP contribution in [0.25, 0.3) is 0 Å². The molecule has 29 heavy (non-hydrogen) atoms. The van der Waals surface area contributed by atoms with Crippen LogP contribution >= 0.6 is 0 Å². The molecule has 1 fully saturated rings. The fraction of sp³-hybridized carbons (Fsp3) is 0.591. The standard InChI is InChI=1S/C22H30O7/c1-5-21(3,4)20(25)28-14-18(23)27-15-19(24)29-22(10-12-26-13-11-22)17-8-6-16(2)7-9-17/h6-9H,5,10-15H2,1-4H3. The van der Waals surface area contributed by atoms with E-state index in [1.54, 1.807) is 13.8 Å². The van der Waals surface area contributed by atoms with Gasteiger partial charge in [0.25, 0.3) is 0 Å². The highest BCUT2D eigenvalue weighted by Crippen LogP contribution is 2.36. The Morgan fingerprint density at radius 1 is 1.00 bits per heavy atom. The molecule has 0 bridgehead atoms. The van der Waals surface area contributed by atoms with E-state index >= 15 is 0 Å². The molecule has 7 heteroatoms. The van der Waals surface area contributed by atoms with Crippen molar-refractivity contribution in [3.8, 4) is 0 Å². The molecule has 1 aromatic rings. The summed E-state index contributed by atoms with van der Waals surface area (Å²) in [6.07, 6.45) is 1.64. The average Bonchev–Trinajstić information content (AvgIpc) is 2.71. The van der Waals surface area contributed by atoms with Gasteiger partial charge in [-0.3, -0.25) is 4.79 Å². The molecule has 0 amide bonds. The minimum absolute atomic E-state index is 0.476. The Labute approximate surface area is 171 Å². The van der Waals surface area contributed by atoms with Crippen LogP contribution in [0, 0.1) is 12.3 Å². The highest BCUT2D eigenvalue weighted by atomic mass is 16.6. The van der Waals surface area contributed by atoms with E-state index < -0.39 is 42.1 Å². The van der Waals surface area contributed by atoms with E-state index in [2.05, 4.69) is 0 Å². The lowest BCUT2D eigenvalue weighted by Gasteiger charge is -2.37. The SMILES string of the molecule is CCC(C)(C)C(=O)OCC(=O)OCC(=O)OC1(c2ccc(C)cc2)CCOCC1. The van der Waals surface area contributed by atoms with Gasteiger partial charge in [-0.2, -0.15) is 0 Å². The molecule has 0 spiro atoms. The lowest BCUT2D eigenvalue weighted by Crippen LogP contribution is -2.39. The second-order valence-corrected chi connectivity index (χ2v) is 7.92. The van der Waals surface area contributed by atoms with Crippen LogP contribution in [0.3, 0.4) is 0 Å². The van der Waals surface area contributed by atoms with E-state index in [0.717, 1.165) is 11.1 Å². The summed E-state index contributed by atoms with van der Waals surface area (Å²) in [6.45, 7) is 7.19. The third-order valence-electron chi connectivity index (χ3n) is 5.30. The third kappa shape index (κ3) is 6.29. The lowest BCUT2D eigenvalue weighted by atomic mass is 9.85. The molecule has 0 saturated carbocycles. The molecule has 1 aliphatic heterocycles. The molecular weight excluding hydrogens is 376 g/mol. The third-order valence-corrected chi connectivity index (χ3v) is 5.30. The van der Waals surface area contributed by atoms with Gasteiger partial charge in [0.1, 0.15) is 5.60 Å². The van der Waals surface area contributed by atoms with Gasteiger partial charge in [0.2, 0.25) is 0 Å². The Morgan fingerprint density at radius 2 is 1.59 bits per heavy atom. The number of ether oxygens (including phenoxy) is 4. The van der Waals surface area contributed by atoms with Gasteiger partial charge in [-0.05, 0) is 32.8 Å². The molecule has 0 atom stereocenters. The van der Waals surface area contributed by atoms with Gasteiger partial charge in [-0.1, -0.05) is 36.8 Å². The number of carbonyl (C=O) groups excluding carboxylic acids is 3. The van der Waals surface area contributed by atoms with Crippen LogP contribution in [0.5, 0.6) is 0 Å². The fourth-order valence-electron chi connectivity index (χ4n) is 2.90. The number of carbonyl (C=O) groups is 3. The molecule has 0 aliphatic carbocycles. The minimum Gasteiger partial charge on any atom is -0.453 e. The van der Waals surface area contributed by atoms with E-state index in [1.807, 2.05) is 38.1 Å². The van der Waals surface area contributed by atoms with Gasteiger partial charge in [0.05, 0.1) is 18.6 Å². The van der Waals surface area contributed by atoms with Gasteiger partial charge in [0.15, 0.2) is 13.2 Å². The first kappa shape index (κ1) is 22.9. The Bertz CT molecular complexity index is 715. The molecule has 0 N–H and O–H groups in total. The van der Waals surface area contributed by atoms with Crippen molar-refractivity contribution < 1.29 is 33.3 Å². The maximum atomic E-state index is 12.4. The predicted octanol–water partition coefficient (Wildman–Crippen LogP) is 3.07. The van der Waals surface area contributed by atoms with E-state index in [1.165, 1.54) is 0 Å². The smallest absolute Gasteiger partial charge is 0.345 e. The monoisotopic (exact) mass is 406 g/mol. The summed E-state index contributed by atoms with van der Waals surface area (Å²) in [5, 5.41) is 0. The quantitative estimate of drug-likeness (QED) is 0.484. The lowest BCUT2D eigenvalue weighted by molar-refractivity contribution is -0.181. The van der Waals surface area contributed by atoms with Crippen molar-refractivity contribution in [2.24, 2.45) is 5.41 Å². The summed E-state index contributed by atoms with van der Waals surface area (Å²) in [5.74, 6) is -1.93. The molecule has 1 saturated heterocycles. The van der Waals surface area contributed by atoms with E-state index in [9.17, 15) is 14.4 Å². The topological polar surface area (TPSA) is 88.1 Å². The second-order valence-electron chi connectivity index (χ2n) is 7.92. The van der Waals surface area contributed by atoms with Crippen molar-refractivity contribution in [2.75, 3.05) is 26.4 Å². The van der Waals surface area contributed by atoms with Crippen molar-refractivity contribution >= 4 is 17.9 Å². The first-order chi connectivity index (χ1) is 13.7. The van der Waals surface area contributed by atoms with Crippen LogP contribution < -0.4 is 0 Å². The van der Waals surface area contributed by atoms with Crippen molar-refractivity contribution in [3.05, 3.63) is 35.4 Å². The predicted molar refractivity (Wildman–Crippen MR) is 105 cm³/mol. The molecule has 2 rings (SSSR count). The first-order valence-electron chi connectivity index (χ1n) is 9.88. The zero-order chi connectivity index (χ0) is 21.5.